The number of carbonyl (C=O) groups is 1. The largest absolute Gasteiger partial charge is 0.328 e. The quantitative estimate of drug-likeness (QED) is 0.610. The molecular weight excluding hydrogens is 229 g/mol. The Morgan fingerprint density at radius 3 is 2.76 bits per heavy atom. The molecule has 6 nitrogen and oxygen atoms in total. The average Bonchev–Trinajstić information content (AvgIpc) is 2.56. The Morgan fingerprint density at radius 2 is 2.24 bits per heavy atom. The lowest BCUT2D eigenvalue weighted by molar-refractivity contribution is -0.386. The molecule has 1 fully saturated rings. The first-order valence-corrected chi connectivity index (χ1v) is 4.99. The van der Waals surface area contributed by atoms with E-state index in [1.54, 1.807) is 0 Å². The van der Waals surface area contributed by atoms with Gasteiger partial charge in [-0.2, -0.15) is 4.39 Å². The second-order valence-corrected chi connectivity index (χ2v) is 3.83. The molecule has 1 saturated heterocycles. The number of benzene rings is 1. The first-order valence-electron chi connectivity index (χ1n) is 4.99. The Hall–Kier alpha value is -2.02. The summed E-state index contributed by atoms with van der Waals surface area (Å²) in [5.74, 6) is -1.29. The molecule has 0 aliphatic carbocycles. The molecule has 90 valence electrons. The van der Waals surface area contributed by atoms with Crippen LogP contribution in [0.4, 0.5) is 15.8 Å². The molecule has 0 aromatic heterocycles. The lowest BCUT2D eigenvalue weighted by Gasteiger charge is -2.15. The molecule has 1 atom stereocenters. The Labute approximate surface area is 96.0 Å². The number of hydrogen-bond acceptors (Lipinski definition) is 4. The van der Waals surface area contributed by atoms with E-state index in [1.165, 1.54) is 12.1 Å². The van der Waals surface area contributed by atoms with Crippen LogP contribution in [0.3, 0.4) is 0 Å². The van der Waals surface area contributed by atoms with Gasteiger partial charge in [-0.15, -0.1) is 0 Å². The zero-order chi connectivity index (χ0) is 12.6. The molecule has 1 aliphatic rings. The number of nitrogens with two attached hydrogens (primary N) is 1. The maximum Gasteiger partial charge on any atom is 0.328 e. The van der Waals surface area contributed by atoms with Crippen molar-refractivity contribution in [1.29, 1.82) is 0 Å². The smallest absolute Gasteiger partial charge is 0.326 e. The fourth-order valence-corrected chi connectivity index (χ4v) is 1.87. The molecule has 1 aromatic rings. The Bertz CT molecular complexity index is 492. The third kappa shape index (κ3) is 1.96. The average molecular weight is 239 g/mol. The van der Waals surface area contributed by atoms with Crippen molar-refractivity contribution >= 4 is 17.3 Å². The summed E-state index contributed by atoms with van der Waals surface area (Å²) in [7, 11) is 0. The van der Waals surface area contributed by atoms with Crippen LogP contribution in [0.15, 0.2) is 18.2 Å². The Balaban J connectivity index is 2.49. The van der Waals surface area contributed by atoms with Crippen LogP contribution >= 0.6 is 0 Å². The van der Waals surface area contributed by atoms with Gasteiger partial charge in [-0.1, -0.05) is 6.07 Å². The van der Waals surface area contributed by atoms with Gasteiger partial charge in [0.15, 0.2) is 0 Å². The van der Waals surface area contributed by atoms with Gasteiger partial charge in [0.25, 0.3) is 0 Å². The molecule has 1 aliphatic heterocycles. The minimum Gasteiger partial charge on any atom is -0.326 e. The van der Waals surface area contributed by atoms with Crippen LogP contribution in [0.1, 0.15) is 6.42 Å². The van der Waals surface area contributed by atoms with Crippen molar-refractivity contribution < 1.29 is 14.1 Å². The predicted molar refractivity (Wildman–Crippen MR) is 58.0 cm³/mol. The maximum atomic E-state index is 13.4. The van der Waals surface area contributed by atoms with E-state index >= 15 is 0 Å². The van der Waals surface area contributed by atoms with Crippen LogP contribution in [0.5, 0.6) is 0 Å². The second-order valence-electron chi connectivity index (χ2n) is 3.83. The fourth-order valence-electron chi connectivity index (χ4n) is 1.87. The number of amides is 1. The van der Waals surface area contributed by atoms with Crippen molar-refractivity contribution in [2.24, 2.45) is 5.73 Å². The summed E-state index contributed by atoms with van der Waals surface area (Å²) in [5, 5.41) is 10.8. The molecule has 1 unspecified atom stereocenters. The van der Waals surface area contributed by atoms with Gasteiger partial charge >= 0.3 is 5.69 Å². The lowest BCUT2D eigenvalue weighted by atomic mass is 10.2. The molecule has 1 aromatic carbocycles. The van der Waals surface area contributed by atoms with Gasteiger partial charge < -0.3 is 10.6 Å². The third-order valence-electron chi connectivity index (χ3n) is 2.59. The van der Waals surface area contributed by atoms with Crippen molar-refractivity contribution in [3.05, 3.63) is 34.1 Å². The van der Waals surface area contributed by atoms with Gasteiger partial charge in [0.2, 0.25) is 11.7 Å². The van der Waals surface area contributed by atoms with Crippen LogP contribution in [0.2, 0.25) is 0 Å². The predicted octanol–water partition coefficient (Wildman–Crippen LogP) is 0.798. The monoisotopic (exact) mass is 239 g/mol. The topological polar surface area (TPSA) is 89.5 Å². The lowest BCUT2D eigenvalue weighted by Crippen LogP contribution is -2.28. The fraction of sp³-hybridized carbons (Fsp3) is 0.300. The highest BCUT2D eigenvalue weighted by atomic mass is 19.1. The van der Waals surface area contributed by atoms with Crippen LogP contribution < -0.4 is 10.6 Å². The standard InChI is InChI=1S/C10H10FN3O3/c11-7-2-1-3-8(10(7)14(16)17)13-5-6(12)4-9(13)15/h1-3,6H,4-5,12H2. The second kappa shape index (κ2) is 4.10. The Morgan fingerprint density at radius 1 is 1.53 bits per heavy atom. The van der Waals surface area contributed by atoms with E-state index < -0.39 is 16.4 Å². The highest BCUT2D eigenvalue weighted by molar-refractivity contribution is 5.98. The molecule has 1 amide bonds. The number of hydrogen-bond donors (Lipinski definition) is 1. The van der Waals surface area contributed by atoms with Crippen LogP contribution in [0.25, 0.3) is 0 Å². The van der Waals surface area contributed by atoms with Gasteiger partial charge in [-0.25, -0.2) is 0 Å². The number of rotatable bonds is 2. The number of halogens is 1. The summed E-state index contributed by atoms with van der Waals surface area (Å²) >= 11 is 0. The third-order valence-corrected chi connectivity index (χ3v) is 2.59. The number of nitrogens with zero attached hydrogens (tertiary/aromatic N) is 2. The number of para-hydroxylation sites is 1. The van der Waals surface area contributed by atoms with Gasteiger partial charge in [0.05, 0.1) is 4.92 Å². The minimum absolute atomic E-state index is 0.0343. The number of nitro groups is 1. The van der Waals surface area contributed by atoms with Crippen LogP contribution in [-0.4, -0.2) is 23.4 Å². The molecule has 1 heterocycles. The summed E-state index contributed by atoms with van der Waals surface area (Å²) in [6.45, 7) is 0.170. The van der Waals surface area contributed by atoms with E-state index in [9.17, 15) is 19.3 Å². The van der Waals surface area contributed by atoms with Gasteiger partial charge in [0, 0.05) is 19.0 Å². The zero-order valence-corrected chi connectivity index (χ0v) is 8.80. The number of nitro benzene ring substituents is 1. The van der Waals surface area contributed by atoms with E-state index in [0.717, 1.165) is 11.0 Å². The molecule has 0 saturated carbocycles. The molecule has 0 bridgehead atoms. The van der Waals surface area contributed by atoms with Crippen molar-refractivity contribution in [2.45, 2.75) is 12.5 Å². The van der Waals surface area contributed by atoms with E-state index in [0.29, 0.717) is 0 Å². The van der Waals surface area contributed by atoms with Gasteiger partial charge in [0.1, 0.15) is 5.69 Å². The molecule has 17 heavy (non-hydrogen) atoms. The molecular formula is C10H10FN3O3. The van der Waals surface area contributed by atoms with E-state index in [-0.39, 0.29) is 30.6 Å². The SMILES string of the molecule is NC1CC(=O)N(c2cccc(F)c2[N+](=O)[O-])C1. The van der Waals surface area contributed by atoms with E-state index in [4.69, 9.17) is 5.73 Å². The van der Waals surface area contributed by atoms with Crippen LogP contribution in [-0.2, 0) is 4.79 Å². The molecule has 2 N–H and O–H groups in total. The van der Waals surface area contributed by atoms with Gasteiger partial charge in [-0.3, -0.25) is 14.9 Å². The highest BCUT2D eigenvalue weighted by Gasteiger charge is 2.33. The summed E-state index contributed by atoms with van der Waals surface area (Å²) in [5.41, 5.74) is 4.87. The zero-order valence-electron chi connectivity index (χ0n) is 8.80. The summed E-state index contributed by atoms with van der Waals surface area (Å²) in [4.78, 5) is 22.7. The first kappa shape index (κ1) is 11.5. The minimum atomic E-state index is -0.958. The maximum absolute atomic E-state index is 13.4. The van der Waals surface area contributed by atoms with Crippen molar-refractivity contribution in [2.75, 3.05) is 11.4 Å². The molecule has 0 radical (unpaired) electrons. The summed E-state index contributed by atoms with van der Waals surface area (Å²) in [6, 6.07) is 3.29. The summed E-state index contributed by atoms with van der Waals surface area (Å²) in [6.07, 6.45) is 0.119. The first-order chi connectivity index (χ1) is 8.00. The highest BCUT2D eigenvalue weighted by Crippen LogP contribution is 2.32. The van der Waals surface area contributed by atoms with Crippen molar-refractivity contribution in [3.63, 3.8) is 0 Å². The van der Waals surface area contributed by atoms with Crippen molar-refractivity contribution in [3.8, 4) is 0 Å². The normalized spacial score (nSPS) is 19.8. The molecule has 2 rings (SSSR count). The molecule has 7 heteroatoms. The van der Waals surface area contributed by atoms with E-state index in [2.05, 4.69) is 0 Å². The number of carbonyl (C=O) groups excluding carboxylic acids is 1. The van der Waals surface area contributed by atoms with Gasteiger partial charge in [-0.05, 0) is 12.1 Å². The summed E-state index contributed by atoms with van der Waals surface area (Å²) < 4.78 is 13.4. The molecule has 0 spiro atoms. The van der Waals surface area contributed by atoms with E-state index in [1.807, 2.05) is 0 Å². The number of anilines is 1. The Kier molecular flexibility index (Phi) is 2.76. The van der Waals surface area contributed by atoms with Crippen LogP contribution in [0, 0.1) is 15.9 Å². The van der Waals surface area contributed by atoms with Crippen molar-refractivity contribution in [1.82, 2.24) is 0 Å².